The molecule has 28 heavy (non-hydrogen) atoms. The molecule has 0 aromatic heterocycles. The molecule has 4 saturated carbocycles. The fraction of sp³-hybridized carbons (Fsp3) is 1.00. The number of aliphatic hydroxyl groups excluding tert-OH is 1. The van der Waals surface area contributed by atoms with Crippen molar-refractivity contribution in [1.82, 2.24) is 0 Å². The van der Waals surface area contributed by atoms with E-state index in [1.54, 1.807) is 0 Å². The van der Waals surface area contributed by atoms with Gasteiger partial charge in [-0.05, 0) is 104 Å². The Kier molecular flexibility index (Phi) is 5.66. The Morgan fingerprint density at radius 1 is 1.00 bits per heavy atom. The van der Waals surface area contributed by atoms with E-state index in [9.17, 15) is 5.11 Å². The molecule has 5 unspecified atom stereocenters. The van der Waals surface area contributed by atoms with E-state index in [1.807, 2.05) is 0 Å². The summed E-state index contributed by atoms with van der Waals surface area (Å²) >= 11 is 0. The minimum absolute atomic E-state index is 0.210. The molecule has 11 atom stereocenters. The standard InChI is InChI=1S/C24H45N3O/c1-14(5-4-10-28)17-6-7-18-22-19(13-21(27)24(17,18)3)23(2)9-8-16(25)11-15(23)12-20(22)26/h14-22,28H,4-13,25-27H2,1-3H3/t14-,15?,16-,17?,18+,19+,20-,21+,22?,23?,24?/m1/s1. The van der Waals surface area contributed by atoms with E-state index in [0.29, 0.717) is 59.6 Å². The maximum Gasteiger partial charge on any atom is 0.0431 e. The van der Waals surface area contributed by atoms with Gasteiger partial charge in [-0.1, -0.05) is 20.8 Å². The van der Waals surface area contributed by atoms with Gasteiger partial charge in [0, 0.05) is 24.7 Å². The highest BCUT2D eigenvalue weighted by molar-refractivity contribution is 5.16. The van der Waals surface area contributed by atoms with Crippen molar-refractivity contribution in [3.05, 3.63) is 0 Å². The van der Waals surface area contributed by atoms with Crippen molar-refractivity contribution >= 4 is 0 Å². The molecular formula is C24H45N3O. The molecule has 162 valence electrons. The lowest BCUT2D eigenvalue weighted by Crippen LogP contribution is -2.65. The summed E-state index contributed by atoms with van der Waals surface area (Å²) in [5.41, 5.74) is 21.0. The Balaban J connectivity index is 1.62. The highest BCUT2D eigenvalue weighted by atomic mass is 16.2. The molecule has 4 rings (SSSR count). The second-order valence-corrected chi connectivity index (χ2v) is 11.7. The normalized spacial score (nSPS) is 54.5. The van der Waals surface area contributed by atoms with Crippen LogP contribution < -0.4 is 17.2 Å². The fourth-order valence-electron chi connectivity index (χ4n) is 8.99. The van der Waals surface area contributed by atoms with Crippen LogP contribution in [0.3, 0.4) is 0 Å². The summed E-state index contributed by atoms with van der Waals surface area (Å²) in [5, 5.41) is 9.30. The number of fused-ring (bicyclic) bond motifs is 5. The van der Waals surface area contributed by atoms with Gasteiger partial charge in [-0.2, -0.15) is 0 Å². The third-order valence-electron chi connectivity index (χ3n) is 10.6. The first kappa shape index (κ1) is 21.1. The highest BCUT2D eigenvalue weighted by Crippen LogP contribution is 2.67. The van der Waals surface area contributed by atoms with E-state index in [4.69, 9.17) is 17.2 Å². The van der Waals surface area contributed by atoms with E-state index >= 15 is 0 Å². The summed E-state index contributed by atoms with van der Waals surface area (Å²) < 4.78 is 0. The molecule has 0 aromatic carbocycles. The summed E-state index contributed by atoms with van der Waals surface area (Å²) in [6, 6.07) is 0.963. The van der Waals surface area contributed by atoms with Gasteiger partial charge in [-0.25, -0.2) is 0 Å². The second-order valence-electron chi connectivity index (χ2n) is 11.7. The van der Waals surface area contributed by atoms with Crippen LogP contribution in [0.25, 0.3) is 0 Å². The summed E-state index contributed by atoms with van der Waals surface area (Å²) in [4.78, 5) is 0. The summed E-state index contributed by atoms with van der Waals surface area (Å²) in [6.45, 7) is 7.76. The van der Waals surface area contributed by atoms with Crippen molar-refractivity contribution in [2.24, 2.45) is 63.5 Å². The molecule has 4 nitrogen and oxygen atoms in total. The minimum Gasteiger partial charge on any atom is -0.396 e. The summed E-state index contributed by atoms with van der Waals surface area (Å²) in [6.07, 6.45) is 10.5. The smallest absolute Gasteiger partial charge is 0.0431 e. The minimum atomic E-state index is 0.210. The van der Waals surface area contributed by atoms with Gasteiger partial charge in [-0.3, -0.25) is 0 Å². The van der Waals surface area contributed by atoms with Crippen LogP contribution in [0.5, 0.6) is 0 Å². The predicted molar refractivity (Wildman–Crippen MR) is 115 cm³/mol. The Labute approximate surface area is 172 Å². The van der Waals surface area contributed by atoms with Crippen LogP contribution in [-0.2, 0) is 0 Å². The number of rotatable bonds is 4. The van der Waals surface area contributed by atoms with Crippen molar-refractivity contribution in [3.8, 4) is 0 Å². The molecule has 0 saturated heterocycles. The SMILES string of the molecule is C[C@H](CCCO)C1CC[C@H]2C3[C@H](N)CC4C[C@H](N)CCC4(C)[C@H]3C[C@H](N)C12C. The van der Waals surface area contributed by atoms with Crippen LogP contribution in [0, 0.1) is 46.3 Å². The Morgan fingerprint density at radius 3 is 2.46 bits per heavy atom. The van der Waals surface area contributed by atoms with Crippen LogP contribution in [0.2, 0.25) is 0 Å². The van der Waals surface area contributed by atoms with E-state index < -0.39 is 0 Å². The molecule has 4 aliphatic rings. The van der Waals surface area contributed by atoms with Crippen LogP contribution >= 0.6 is 0 Å². The summed E-state index contributed by atoms with van der Waals surface area (Å²) in [5.74, 6) is 3.98. The molecule has 0 spiro atoms. The molecule has 0 heterocycles. The zero-order valence-electron chi connectivity index (χ0n) is 18.4. The van der Waals surface area contributed by atoms with Crippen LogP contribution in [0.4, 0.5) is 0 Å². The molecule has 0 bridgehead atoms. The van der Waals surface area contributed by atoms with Gasteiger partial charge in [-0.15, -0.1) is 0 Å². The van der Waals surface area contributed by atoms with E-state index in [0.717, 1.165) is 32.1 Å². The molecule has 0 aromatic rings. The Bertz CT molecular complexity index is 570. The van der Waals surface area contributed by atoms with Crippen LogP contribution in [-0.4, -0.2) is 29.8 Å². The quantitative estimate of drug-likeness (QED) is 0.591. The Morgan fingerprint density at radius 2 is 1.75 bits per heavy atom. The van der Waals surface area contributed by atoms with E-state index in [-0.39, 0.29) is 11.5 Å². The van der Waals surface area contributed by atoms with Gasteiger partial charge >= 0.3 is 0 Å². The first-order chi connectivity index (χ1) is 13.2. The second kappa shape index (κ2) is 7.51. The highest BCUT2D eigenvalue weighted by Gasteiger charge is 2.64. The third-order valence-corrected chi connectivity index (χ3v) is 10.6. The van der Waals surface area contributed by atoms with E-state index in [2.05, 4.69) is 20.8 Å². The molecule has 7 N–H and O–H groups in total. The lowest BCUT2D eigenvalue weighted by Gasteiger charge is -2.64. The van der Waals surface area contributed by atoms with Crippen molar-refractivity contribution in [2.45, 2.75) is 96.7 Å². The van der Waals surface area contributed by atoms with Gasteiger partial charge in [0.2, 0.25) is 0 Å². The predicted octanol–water partition coefficient (Wildman–Crippen LogP) is 3.26. The van der Waals surface area contributed by atoms with Crippen molar-refractivity contribution in [1.29, 1.82) is 0 Å². The van der Waals surface area contributed by atoms with Gasteiger partial charge in [0.25, 0.3) is 0 Å². The fourth-order valence-corrected chi connectivity index (χ4v) is 8.99. The van der Waals surface area contributed by atoms with Crippen molar-refractivity contribution < 1.29 is 5.11 Å². The monoisotopic (exact) mass is 391 g/mol. The van der Waals surface area contributed by atoms with Gasteiger partial charge in [0.1, 0.15) is 0 Å². The molecule has 0 radical (unpaired) electrons. The average Bonchev–Trinajstić information content (AvgIpc) is 3.01. The molecule has 0 aliphatic heterocycles. The van der Waals surface area contributed by atoms with Crippen LogP contribution in [0.1, 0.15) is 78.6 Å². The first-order valence-corrected chi connectivity index (χ1v) is 12.1. The zero-order valence-corrected chi connectivity index (χ0v) is 18.4. The largest absolute Gasteiger partial charge is 0.396 e. The topological polar surface area (TPSA) is 98.3 Å². The number of hydrogen-bond donors (Lipinski definition) is 4. The number of aliphatic hydroxyl groups is 1. The summed E-state index contributed by atoms with van der Waals surface area (Å²) in [7, 11) is 0. The average molecular weight is 392 g/mol. The lowest BCUT2D eigenvalue weighted by atomic mass is 9.42. The maximum absolute atomic E-state index is 9.30. The number of nitrogens with two attached hydrogens (primary N) is 3. The van der Waals surface area contributed by atoms with Gasteiger partial charge < -0.3 is 22.3 Å². The van der Waals surface area contributed by atoms with E-state index in [1.165, 1.54) is 25.7 Å². The molecule has 4 fully saturated rings. The van der Waals surface area contributed by atoms with Gasteiger partial charge in [0.15, 0.2) is 0 Å². The number of hydrogen-bond acceptors (Lipinski definition) is 4. The van der Waals surface area contributed by atoms with Crippen molar-refractivity contribution in [2.75, 3.05) is 6.61 Å². The zero-order chi connectivity index (χ0) is 20.3. The molecule has 0 amide bonds. The third kappa shape index (κ3) is 3.01. The van der Waals surface area contributed by atoms with Crippen molar-refractivity contribution in [3.63, 3.8) is 0 Å². The molecule has 4 heteroatoms. The lowest BCUT2D eigenvalue weighted by molar-refractivity contribution is -0.132. The maximum atomic E-state index is 9.30. The first-order valence-electron chi connectivity index (χ1n) is 12.1. The van der Waals surface area contributed by atoms with Gasteiger partial charge in [0.05, 0.1) is 0 Å². The molecule has 4 aliphatic carbocycles. The van der Waals surface area contributed by atoms with Crippen LogP contribution in [0.15, 0.2) is 0 Å². The Hall–Kier alpha value is -0.160. The molecular weight excluding hydrogens is 346 g/mol.